The van der Waals surface area contributed by atoms with E-state index in [2.05, 4.69) is 10.3 Å². The van der Waals surface area contributed by atoms with Crippen LogP contribution >= 0.6 is 0 Å². The maximum Gasteiger partial charge on any atom is 0.332 e. The number of halogens is 1. The number of alkyl halides is 1. The topological polar surface area (TPSA) is 71.8 Å². The lowest BCUT2D eigenvalue weighted by Gasteiger charge is -2.28. The summed E-state index contributed by atoms with van der Waals surface area (Å²) in [5.41, 5.74) is 0.612. The molecule has 7 heteroatoms. The average Bonchev–Trinajstić information content (AvgIpc) is 2.99. The average molecular weight is 328 g/mol. The van der Waals surface area contributed by atoms with Crippen molar-refractivity contribution in [3.8, 4) is 5.69 Å². The summed E-state index contributed by atoms with van der Waals surface area (Å²) in [6, 6.07) is 8.54. The molecular weight excluding hydrogens is 311 g/mol. The van der Waals surface area contributed by atoms with Gasteiger partial charge >= 0.3 is 5.69 Å². The Hall–Kier alpha value is -2.67. The van der Waals surface area contributed by atoms with E-state index in [9.17, 15) is 14.0 Å². The maximum absolute atomic E-state index is 14.3. The first kappa shape index (κ1) is 14.9. The van der Waals surface area contributed by atoms with Gasteiger partial charge in [0.25, 0.3) is 5.56 Å². The molecule has 0 saturated carbocycles. The first-order valence-electron chi connectivity index (χ1n) is 7.92. The fraction of sp³-hybridized carbons (Fsp3) is 0.294. The van der Waals surface area contributed by atoms with Crippen molar-refractivity contribution in [3.05, 3.63) is 63.6 Å². The Balaban J connectivity index is 1.88. The highest BCUT2D eigenvalue weighted by atomic mass is 19.1. The highest BCUT2D eigenvalue weighted by molar-refractivity contribution is 5.88. The number of aromatic nitrogens is 3. The summed E-state index contributed by atoms with van der Waals surface area (Å²) in [4.78, 5) is 25.6. The Morgan fingerprint density at radius 3 is 2.79 bits per heavy atom. The molecule has 2 aromatic heterocycles. The lowest BCUT2D eigenvalue weighted by molar-refractivity contribution is 0.187. The first-order valence-corrected chi connectivity index (χ1v) is 7.92. The molecule has 0 amide bonds. The molecule has 1 aromatic carbocycles. The minimum Gasteiger partial charge on any atom is -0.341 e. The van der Waals surface area contributed by atoms with Crippen LogP contribution in [0.25, 0.3) is 16.6 Å². The summed E-state index contributed by atoms with van der Waals surface area (Å²) in [5, 5.41) is 3.90. The summed E-state index contributed by atoms with van der Waals surface area (Å²) in [6.45, 7) is 1.13. The fourth-order valence-electron chi connectivity index (χ4n) is 3.40. The third-order valence-electron chi connectivity index (χ3n) is 4.55. The Bertz CT molecular complexity index is 1000. The van der Waals surface area contributed by atoms with Crippen LogP contribution in [0.2, 0.25) is 0 Å². The molecule has 4 rings (SSSR count). The monoisotopic (exact) mass is 328 g/mol. The molecule has 1 fully saturated rings. The van der Waals surface area contributed by atoms with Crippen molar-refractivity contribution in [1.29, 1.82) is 0 Å². The summed E-state index contributed by atoms with van der Waals surface area (Å²) >= 11 is 0. The number of aromatic amines is 1. The quantitative estimate of drug-likeness (QED) is 0.746. The van der Waals surface area contributed by atoms with Gasteiger partial charge in [0.1, 0.15) is 6.17 Å². The Labute approximate surface area is 136 Å². The van der Waals surface area contributed by atoms with Crippen molar-refractivity contribution in [2.24, 2.45) is 0 Å². The molecule has 1 aliphatic rings. The van der Waals surface area contributed by atoms with Crippen molar-refractivity contribution in [1.82, 2.24) is 19.4 Å². The maximum atomic E-state index is 14.3. The molecule has 0 bridgehead atoms. The van der Waals surface area contributed by atoms with Gasteiger partial charge in [-0.05, 0) is 31.2 Å². The molecule has 1 aliphatic heterocycles. The van der Waals surface area contributed by atoms with E-state index in [0.717, 1.165) is 17.4 Å². The molecule has 1 saturated heterocycles. The molecule has 0 spiro atoms. The zero-order valence-electron chi connectivity index (χ0n) is 12.9. The second-order valence-electron chi connectivity index (χ2n) is 5.99. The number of piperidine rings is 1. The summed E-state index contributed by atoms with van der Waals surface area (Å²) in [5.74, 6) is 0. The van der Waals surface area contributed by atoms with Gasteiger partial charge in [0.15, 0.2) is 0 Å². The largest absolute Gasteiger partial charge is 0.341 e. The number of nitrogens with one attached hydrogen (secondary N) is 2. The van der Waals surface area contributed by atoms with E-state index < -0.39 is 17.4 Å². The second-order valence-corrected chi connectivity index (χ2v) is 5.99. The van der Waals surface area contributed by atoms with E-state index in [0.29, 0.717) is 18.7 Å². The molecule has 3 heterocycles. The van der Waals surface area contributed by atoms with Crippen molar-refractivity contribution in [3.63, 3.8) is 0 Å². The highest BCUT2D eigenvalue weighted by Crippen LogP contribution is 2.30. The number of fused-ring (bicyclic) bond motifs is 1. The summed E-state index contributed by atoms with van der Waals surface area (Å²) in [7, 11) is 0. The zero-order valence-corrected chi connectivity index (χ0v) is 12.9. The second kappa shape index (κ2) is 5.76. The highest BCUT2D eigenvalue weighted by Gasteiger charge is 2.27. The first-order chi connectivity index (χ1) is 11.6. The van der Waals surface area contributed by atoms with Crippen LogP contribution in [0.5, 0.6) is 0 Å². The minimum absolute atomic E-state index is 0.216. The zero-order chi connectivity index (χ0) is 16.7. The molecular formula is C17H17FN4O2. The molecule has 124 valence electrons. The standard InChI is InChI=1S/C17H17FN4O2/c18-12-10-19-7-4-15(12)21-8-5-11-13(21)2-1-3-14(11)22-9-6-16(23)20-17(22)24/h1-3,5-6,8-9,12,15,19H,4,7,10H2,(H,20,23,24)/t12-,15+/m1/s1. The van der Waals surface area contributed by atoms with Crippen LogP contribution < -0.4 is 16.6 Å². The normalized spacial score (nSPS) is 21.2. The van der Waals surface area contributed by atoms with Crippen LogP contribution in [0.1, 0.15) is 12.5 Å². The number of nitrogens with zero attached hydrogens (tertiary/aromatic N) is 2. The van der Waals surface area contributed by atoms with Gasteiger partial charge < -0.3 is 9.88 Å². The number of hydrogen-bond acceptors (Lipinski definition) is 3. The predicted octanol–water partition coefficient (Wildman–Crippen LogP) is 1.35. The SMILES string of the molecule is O=c1ccn(-c2cccc3c2ccn3[C@H]2CCNC[C@H]2F)c(=O)[nH]1. The van der Waals surface area contributed by atoms with Crippen molar-refractivity contribution in [2.75, 3.05) is 13.1 Å². The molecule has 3 aromatic rings. The fourth-order valence-corrected chi connectivity index (χ4v) is 3.40. The minimum atomic E-state index is -0.950. The van der Waals surface area contributed by atoms with Gasteiger partial charge in [-0.1, -0.05) is 6.07 Å². The third kappa shape index (κ3) is 2.37. The number of H-pyrrole nitrogens is 1. The third-order valence-corrected chi connectivity index (χ3v) is 4.55. The molecule has 2 N–H and O–H groups in total. The van der Waals surface area contributed by atoms with Gasteiger partial charge in [-0.3, -0.25) is 14.3 Å². The van der Waals surface area contributed by atoms with Crippen LogP contribution in [0.4, 0.5) is 4.39 Å². The Morgan fingerprint density at radius 1 is 1.12 bits per heavy atom. The van der Waals surface area contributed by atoms with E-state index >= 15 is 0 Å². The van der Waals surface area contributed by atoms with E-state index in [1.807, 2.05) is 35.0 Å². The lowest BCUT2D eigenvalue weighted by atomic mass is 10.0. The number of hydrogen-bond donors (Lipinski definition) is 2. The van der Waals surface area contributed by atoms with Gasteiger partial charge in [-0.25, -0.2) is 9.18 Å². The van der Waals surface area contributed by atoms with Gasteiger partial charge in [0.2, 0.25) is 0 Å². The smallest absolute Gasteiger partial charge is 0.332 e. The van der Waals surface area contributed by atoms with Gasteiger partial charge in [-0.15, -0.1) is 0 Å². The van der Waals surface area contributed by atoms with Crippen LogP contribution in [0.3, 0.4) is 0 Å². The molecule has 6 nitrogen and oxygen atoms in total. The van der Waals surface area contributed by atoms with Crippen molar-refractivity contribution >= 4 is 10.9 Å². The van der Waals surface area contributed by atoms with Crippen LogP contribution in [-0.4, -0.2) is 33.4 Å². The number of benzene rings is 1. The van der Waals surface area contributed by atoms with Crippen LogP contribution in [0.15, 0.2) is 52.3 Å². The van der Waals surface area contributed by atoms with E-state index in [-0.39, 0.29) is 6.04 Å². The molecule has 0 radical (unpaired) electrons. The Kier molecular flexibility index (Phi) is 3.57. The van der Waals surface area contributed by atoms with Gasteiger partial charge in [0.05, 0.1) is 17.2 Å². The van der Waals surface area contributed by atoms with Crippen molar-refractivity contribution in [2.45, 2.75) is 18.6 Å². The number of rotatable bonds is 2. The molecule has 2 atom stereocenters. The Morgan fingerprint density at radius 2 is 2.00 bits per heavy atom. The van der Waals surface area contributed by atoms with E-state index in [1.165, 1.54) is 16.8 Å². The summed E-state index contributed by atoms with van der Waals surface area (Å²) in [6.07, 6.45) is 3.09. The van der Waals surface area contributed by atoms with Gasteiger partial charge in [0, 0.05) is 30.4 Å². The molecule has 24 heavy (non-hydrogen) atoms. The lowest BCUT2D eigenvalue weighted by Crippen LogP contribution is -2.39. The van der Waals surface area contributed by atoms with E-state index in [1.54, 1.807) is 0 Å². The summed E-state index contributed by atoms with van der Waals surface area (Å²) < 4.78 is 17.6. The van der Waals surface area contributed by atoms with E-state index in [4.69, 9.17) is 0 Å². The van der Waals surface area contributed by atoms with Crippen molar-refractivity contribution < 1.29 is 4.39 Å². The molecule has 0 aliphatic carbocycles. The molecule has 0 unspecified atom stereocenters. The van der Waals surface area contributed by atoms with Crippen LogP contribution in [-0.2, 0) is 0 Å². The van der Waals surface area contributed by atoms with Gasteiger partial charge in [-0.2, -0.15) is 0 Å². The predicted molar refractivity (Wildman–Crippen MR) is 89.6 cm³/mol. The van der Waals surface area contributed by atoms with Crippen LogP contribution in [0, 0.1) is 0 Å².